The molecule has 5 nitrogen and oxygen atoms in total. The number of nitrogens with zero attached hydrogens (tertiary/aromatic N) is 1. The highest BCUT2D eigenvalue weighted by atomic mass is 79.9. The zero-order valence-corrected chi connectivity index (χ0v) is 18.6. The molecular weight excluding hydrogens is 468 g/mol. The summed E-state index contributed by atoms with van der Waals surface area (Å²) in [6, 6.07) is 20.5. The third kappa shape index (κ3) is 6.34. The monoisotopic (exact) mass is 486 g/mol. The summed E-state index contributed by atoms with van der Waals surface area (Å²) in [5, 5.41) is 4.72. The molecule has 0 aliphatic carbocycles. The summed E-state index contributed by atoms with van der Waals surface area (Å²) in [7, 11) is 1.57. The van der Waals surface area contributed by atoms with Gasteiger partial charge in [-0.05, 0) is 51.3 Å². The second-order valence-electron chi connectivity index (χ2n) is 6.40. The summed E-state index contributed by atoms with van der Waals surface area (Å²) in [4.78, 5) is 12.0. The maximum Gasteiger partial charge on any atom is 0.244 e. The van der Waals surface area contributed by atoms with Crippen molar-refractivity contribution in [3.8, 4) is 11.5 Å². The van der Waals surface area contributed by atoms with E-state index >= 15 is 0 Å². The highest BCUT2D eigenvalue weighted by Crippen LogP contribution is 2.33. The van der Waals surface area contributed by atoms with Gasteiger partial charge in [0.05, 0.1) is 19.7 Å². The minimum absolute atomic E-state index is 0.191. The van der Waals surface area contributed by atoms with Crippen molar-refractivity contribution in [2.45, 2.75) is 13.0 Å². The van der Waals surface area contributed by atoms with Crippen molar-refractivity contribution >= 4 is 39.7 Å². The minimum Gasteiger partial charge on any atom is -0.493 e. The Labute approximate surface area is 188 Å². The first kappa shape index (κ1) is 21.9. The van der Waals surface area contributed by atoms with Gasteiger partial charge in [0.15, 0.2) is 11.5 Å². The predicted octanol–water partition coefficient (Wildman–Crippen LogP) is 5.38. The lowest BCUT2D eigenvalue weighted by Crippen LogP contribution is -2.19. The smallest absolute Gasteiger partial charge is 0.244 e. The van der Waals surface area contributed by atoms with Crippen LogP contribution in [0, 0.1) is 0 Å². The lowest BCUT2D eigenvalue weighted by atomic mass is 10.1. The van der Waals surface area contributed by atoms with Gasteiger partial charge in [0.1, 0.15) is 6.61 Å². The molecule has 1 amide bonds. The van der Waals surface area contributed by atoms with Crippen LogP contribution in [0.4, 0.5) is 0 Å². The quantitative estimate of drug-likeness (QED) is 0.343. The number of benzene rings is 3. The number of methoxy groups -OCH3 is 1. The molecule has 0 radical (unpaired) electrons. The number of hydrogen-bond acceptors (Lipinski definition) is 4. The first-order chi connectivity index (χ1) is 14.5. The highest BCUT2D eigenvalue weighted by molar-refractivity contribution is 9.10. The molecular formula is C23H20BrClN2O3. The van der Waals surface area contributed by atoms with Crippen molar-refractivity contribution in [2.24, 2.45) is 5.10 Å². The summed E-state index contributed by atoms with van der Waals surface area (Å²) < 4.78 is 12.1. The molecule has 0 fully saturated rings. The fraction of sp³-hybridized carbons (Fsp3) is 0.130. The Hall–Kier alpha value is -2.83. The van der Waals surface area contributed by atoms with Crippen molar-refractivity contribution < 1.29 is 14.3 Å². The Morgan fingerprint density at radius 1 is 1.07 bits per heavy atom. The molecule has 0 heterocycles. The number of carbonyl (C=O) groups is 1. The van der Waals surface area contributed by atoms with Crippen molar-refractivity contribution in [1.29, 1.82) is 0 Å². The molecule has 0 saturated carbocycles. The fourth-order valence-corrected chi connectivity index (χ4v) is 3.21. The van der Waals surface area contributed by atoms with E-state index in [-0.39, 0.29) is 12.3 Å². The van der Waals surface area contributed by atoms with Gasteiger partial charge in [0.25, 0.3) is 0 Å². The minimum atomic E-state index is -0.191. The number of nitrogens with one attached hydrogen (secondary N) is 1. The van der Waals surface area contributed by atoms with Crippen molar-refractivity contribution in [3.63, 3.8) is 0 Å². The molecule has 154 valence electrons. The average Bonchev–Trinajstić information content (AvgIpc) is 2.75. The number of rotatable bonds is 8. The van der Waals surface area contributed by atoms with E-state index in [1.807, 2.05) is 60.7 Å². The third-order valence-corrected chi connectivity index (χ3v) is 5.13. The summed E-state index contributed by atoms with van der Waals surface area (Å²) in [5.74, 6) is 0.956. The van der Waals surface area contributed by atoms with Gasteiger partial charge in [-0.15, -0.1) is 0 Å². The van der Waals surface area contributed by atoms with E-state index in [4.69, 9.17) is 21.1 Å². The van der Waals surface area contributed by atoms with E-state index in [0.29, 0.717) is 23.1 Å². The van der Waals surface area contributed by atoms with Gasteiger partial charge in [-0.3, -0.25) is 4.79 Å². The Morgan fingerprint density at radius 2 is 1.80 bits per heavy atom. The van der Waals surface area contributed by atoms with Crippen LogP contribution in [0.2, 0.25) is 5.02 Å². The molecule has 3 rings (SSSR count). The zero-order valence-electron chi connectivity index (χ0n) is 16.3. The topological polar surface area (TPSA) is 59.9 Å². The molecule has 0 saturated heterocycles. The van der Waals surface area contributed by atoms with Gasteiger partial charge in [-0.1, -0.05) is 54.1 Å². The fourth-order valence-electron chi connectivity index (χ4n) is 2.66. The highest BCUT2D eigenvalue weighted by Gasteiger charge is 2.10. The average molecular weight is 488 g/mol. The van der Waals surface area contributed by atoms with Gasteiger partial charge in [0.2, 0.25) is 5.91 Å². The van der Waals surface area contributed by atoms with Gasteiger partial charge < -0.3 is 9.47 Å². The molecule has 7 heteroatoms. The maximum atomic E-state index is 12.0. The summed E-state index contributed by atoms with van der Waals surface area (Å²) in [6.07, 6.45) is 1.82. The molecule has 3 aromatic carbocycles. The van der Waals surface area contributed by atoms with Crippen LogP contribution < -0.4 is 14.9 Å². The van der Waals surface area contributed by atoms with Crippen molar-refractivity contribution in [3.05, 3.63) is 92.9 Å². The van der Waals surface area contributed by atoms with Crippen LogP contribution in [-0.2, 0) is 17.8 Å². The van der Waals surface area contributed by atoms with E-state index in [0.717, 1.165) is 21.2 Å². The molecule has 1 N–H and O–H groups in total. The predicted molar refractivity (Wildman–Crippen MR) is 122 cm³/mol. The Kier molecular flexibility index (Phi) is 7.88. The number of carbonyl (C=O) groups excluding carboxylic acids is 1. The number of amides is 1. The standard InChI is InChI=1S/C23H20BrClN2O3/c1-29-21-12-18(14-26-27-23(28)11-16-5-3-2-4-6-16)20(24)13-22(21)30-15-17-7-9-19(25)10-8-17/h2-10,12-14H,11,15H2,1H3,(H,27,28)/b26-14+. The van der Waals surface area contributed by atoms with Crippen LogP contribution >= 0.6 is 27.5 Å². The van der Waals surface area contributed by atoms with E-state index in [9.17, 15) is 4.79 Å². The molecule has 0 spiro atoms. The van der Waals surface area contributed by atoms with E-state index in [1.165, 1.54) is 0 Å². The van der Waals surface area contributed by atoms with Crippen molar-refractivity contribution in [2.75, 3.05) is 7.11 Å². The lowest BCUT2D eigenvalue weighted by Gasteiger charge is -2.13. The van der Waals surface area contributed by atoms with Crippen LogP contribution in [0.3, 0.4) is 0 Å². The molecule has 30 heavy (non-hydrogen) atoms. The first-order valence-corrected chi connectivity index (χ1v) is 10.3. The van der Waals surface area contributed by atoms with Crippen LogP contribution in [0.5, 0.6) is 11.5 Å². The van der Waals surface area contributed by atoms with Crippen LogP contribution in [0.25, 0.3) is 0 Å². The molecule has 3 aromatic rings. The summed E-state index contributed by atoms with van der Waals surface area (Å²) >= 11 is 9.42. The Balaban J connectivity index is 1.63. The number of hydrazone groups is 1. The van der Waals surface area contributed by atoms with E-state index in [2.05, 4.69) is 26.5 Å². The summed E-state index contributed by atoms with van der Waals surface area (Å²) in [6.45, 7) is 0.378. The Bertz CT molecular complexity index is 1020. The number of hydrogen-bond donors (Lipinski definition) is 1. The number of ether oxygens (including phenoxy) is 2. The lowest BCUT2D eigenvalue weighted by molar-refractivity contribution is -0.120. The number of halogens is 2. The van der Waals surface area contributed by atoms with Gasteiger partial charge in [-0.2, -0.15) is 5.10 Å². The zero-order chi connectivity index (χ0) is 21.3. The second-order valence-corrected chi connectivity index (χ2v) is 7.69. The van der Waals surface area contributed by atoms with Crippen LogP contribution in [0.1, 0.15) is 16.7 Å². The molecule has 0 aliphatic rings. The molecule has 0 bridgehead atoms. The van der Waals surface area contributed by atoms with E-state index < -0.39 is 0 Å². The molecule has 0 aromatic heterocycles. The molecule has 0 aliphatic heterocycles. The molecule has 0 atom stereocenters. The largest absolute Gasteiger partial charge is 0.493 e. The van der Waals surface area contributed by atoms with Gasteiger partial charge in [-0.25, -0.2) is 5.43 Å². The molecule has 0 unspecified atom stereocenters. The Morgan fingerprint density at radius 3 is 2.50 bits per heavy atom. The van der Waals surface area contributed by atoms with Crippen LogP contribution in [-0.4, -0.2) is 19.2 Å². The van der Waals surface area contributed by atoms with Gasteiger partial charge in [0, 0.05) is 15.1 Å². The first-order valence-electron chi connectivity index (χ1n) is 9.16. The SMILES string of the molecule is COc1cc(/C=N/NC(=O)Cc2ccccc2)c(Br)cc1OCc1ccc(Cl)cc1. The normalized spacial score (nSPS) is 10.8. The second kappa shape index (κ2) is 10.8. The van der Waals surface area contributed by atoms with Crippen molar-refractivity contribution in [1.82, 2.24) is 5.43 Å². The third-order valence-electron chi connectivity index (χ3n) is 4.19. The van der Waals surface area contributed by atoms with E-state index in [1.54, 1.807) is 19.4 Å². The van der Waals surface area contributed by atoms with Gasteiger partial charge >= 0.3 is 0 Å². The summed E-state index contributed by atoms with van der Waals surface area (Å²) in [5.41, 5.74) is 5.19. The maximum absolute atomic E-state index is 12.0. The van der Waals surface area contributed by atoms with Crippen LogP contribution in [0.15, 0.2) is 76.3 Å².